The number of carboxylic acid groups (broad SMARTS) is 1. The Morgan fingerprint density at radius 3 is 1.84 bits per heavy atom. The Balaban J connectivity index is 5.37. The van der Waals surface area contributed by atoms with E-state index in [0.29, 0.717) is 0 Å². The second-order valence-corrected chi connectivity index (χ2v) is 3.42. The molecule has 0 aromatic heterocycles. The predicted octanol–water partition coefficient (Wildman–Crippen LogP) is 1.83. The van der Waals surface area contributed by atoms with Gasteiger partial charge in [0.15, 0.2) is 0 Å². The fraction of sp³-hybridized carbons (Fsp3) is 0.556. The lowest BCUT2D eigenvalue weighted by Gasteiger charge is -2.27. The number of carboxylic acids is 1. The van der Waals surface area contributed by atoms with Crippen molar-refractivity contribution >= 4 is 11.9 Å². The van der Waals surface area contributed by atoms with Gasteiger partial charge in [0.05, 0.1) is 0 Å². The average molecular weight is 293 g/mol. The molecular weight excluding hydrogens is 284 g/mol. The number of hydrogen-bond acceptors (Lipinski definition) is 2. The summed E-state index contributed by atoms with van der Waals surface area (Å²) in [5, 5.41) is 8.36. The highest BCUT2D eigenvalue weighted by molar-refractivity contribution is 5.84. The van der Waals surface area contributed by atoms with E-state index in [9.17, 15) is 35.9 Å². The molecule has 0 aliphatic heterocycles. The van der Waals surface area contributed by atoms with E-state index in [4.69, 9.17) is 5.11 Å². The van der Waals surface area contributed by atoms with Gasteiger partial charge in [-0.1, -0.05) is 6.08 Å². The van der Waals surface area contributed by atoms with Gasteiger partial charge in [-0.25, -0.2) is 0 Å². The van der Waals surface area contributed by atoms with Crippen molar-refractivity contribution in [3.63, 3.8) is 0 Å². The van der Waals surface area contributed by atoms with Crippen LogP contribution in [-0.4, -0.2) is 47.3 Å². The molecule has 10 heteroatoms. The van der Waals surface area contributed by atoms with E-state index < -0.39 is 43.2 Å². The molecule has 0 aromatic rings. The van der Waals surface area contributed by atoms with Crippen LogP contribution in [0.2, 0.25) is 0 Å². The largest absolute Gasteiger partial charge is 0.480 e. The minimum absolute atomic E-state index is 0.0824. The minimum Gasteiger partial charge on any atom is -0.480 e. The smallest absolute Gasteiger partial charge is 0.409 e. The van der Waals surface area contributed by atoms with Crippen LogP contribution in [0.5, 0.6) is 0 Å². The standard InChI is InChI=1S/C9H9F6NO3/c1-2-3-16(4-5(17)18)7(19)6(8(10,11)12)9(13,14)15/h2,6H,1,3-4H2,(H,17,18). The van der Waals surface area contributed by atoms with E-state index >= 15 is 0 Å². The highest BCUT2D eigenvalue weighted by Gasteiger charge is 2.62. The summed E-state index contributed by atoms with van der Waals surface area (Å²) >= 11 is 0. The first kappa shape index (κ1) is 17.3. The van der Waals surface area contributed by atoms with Crippen LogP contribution in [0.25, 0.3) is 0 Å². The molecule has 4 nitrogen and oxygen atoms in total. The van der Waals surface area contributed by atoms with Crippen LogP contribution in [0.1, 0.15) is 0 Å². The molecule has 0 atom stereocenters. The van der Waals surface area contributed by atoms with Crippen molar-refractivity contribution in [1.82, 2.24) is 4.90 Å². The normalized spacial score (nSPS) is 12.4. The number of nitrogens with zero attached hydrogens (tertiary/aromatic N) is 1. The SMILES string of the molecule is C=CCN(CC(=O)O)C(=O)C(C(F)(F)F)C(F)(F)F. The number of carbonyl (C=O) groups is 2. The number of alkyl halides is 6. The monoisotopic (exact) mass is 293 g/mol. The van der Waals surface area contributed by atoms with Gasteiger partial charge in [-0.2, -0.15) is 26.3 Å². The maximum Gasteiger partial charge on any atom is 0.409 e. The van der Waals surface area contributed by atoms with Crippen LogP contribution in [0.4, 0.5) is 26.3 Å². The molecule has 0 heterocycles. The number of amides is 1. The third-order valence-corrected chi connectivity index (χ3v) is 1.89. The van der Waals surface area contributed by atoms with Gasteiger partial charge in [0.1, 0.15) is 6.54 Å². The molecule has 1 amide bonds. The molecule has 0 unspecified atom stereocenters. The van der Waals surface area contributed by atoms with Gasteiger partial charge in [0, 0.05) is 6.54 Å². The Labute approximate surface area is 103 Å². The quantitative estimate of drug-likeness (QED) is 0.621. The molecule has 0 spiro atoms. The molecule has 0 aliphatic carbocycles. The molecule has 0 radical (unpaired) electrons. The van der Waals surface area contributed by atoms with E-state index in [2.05, 4.69) is 6.58 Å². The zero-order chi connectivity index (χ0) is 15.4. The molecule has 0 saturated carbocycles. The first-order valence-corrected chi connectivity index (χ1v) is 4.66. The Bertz CT molecular complexity index is 348. The molecule has 0 fully saturated rings. The van der Waals surface area contributed by atoms with Crippen molar-refractivity contribution in [2.75, 3.05) is 13.1 Å². The van der Waals surface area contributed by atoms with E-state index in [-0.39, 0.29) is 4.90 Å². The first-order valence-electron chi connectivity index (χ1n) is 4.66. The number of aliphatic carboxylic acids is 1. The Kier molecular flexibility index (Phi) is 5.39. The molecule has 1 N–H and O–H groups in total. The van der Waals surface area contributed by atoms with Gasteiger partial charge in [-0.3, -0.25) is 9.59 Å². The van der Waals surface area contributed by atoms with Crippen LogP contribution in [0.15, 0.2) is 12.7 Å². The van der Waals surface area contributed by atoms with Crippen LogP contribution in [-0.2, 0) is 9.59 Å². The van der Waals surface area contributed by atoms with Crippen molar-refractivity contribution in [3.05, 3.63) is 12.7 Å². The second kappa shape index (κ2) is 5.93. The lowest BCUT2D eigenvalue weighted by molar-refractivity contribution is -0.277. The van der Waals surface area contributed by atoms with Crippen molar-refractivity contribution in [1.29, 1.82) is 0 Å². The molecule has 0 aliphatic rings. The maximum absolute atomic E-state index is 12.3. The average Bonchev–Trinajstić information content (AvgIpc) is 2.11. The first-order chi connectivity index (χ1) is 8.41. The summed E-state index contributed by atoms with van der Waals surface area (Å²) in [6, 6.07) is 0. The minimum atomic E-state index is -5.85. The Morgan fingerprint density at radius 1 is 1.16 bits per heavy atom. The molecule has 0 rings (SSSR count). The Hall–Kier alpha value is -1.74. The van der Waals surface area contributed by atoms with Crippen molar-refractivity contribution < 1.29 is 41.0 Å². The van der Waals surface area contributed by atoms with Crippen molar-refractivity contribution in [2.24, 2.45) is 5.92 Å². The van der Waals surface area contributed by atoms with Gasteiger partial charge in [0.25, 0.3) is 0 Å². The van der Waals surface area contributed by atoms with Gasteiger partial charge in [-0.05, 0) is 0 Å². The summed E-state index contributed by atoms with van der Waals surface area (Å²) in [6.07, 6.45) is -10.9. The van der Waals surface area contributed by atoms with Crippen LogP contribution in [0.3, 0.4) is 0 Å². The maximum atomic E-state index is 12.3. The van der Waals surface area contributed by atoms with Crippen molar-refractivity contribution in [3.8, 4) is 0 Å². The molecule has 0 bridgehead atoms. The Morgan fingerprint density at radius 2 is 1.58 bits per heavy atom. The summed E-state index contributed by atoms with van der Waals surface area (Å²) < 4.78 is 73.6. The van der Waals surface area contributed by atoms with E-state index in [1.165, 1.54) is 0 Å². The van der Waals surface area contributed by atoms with E-state index in [1.807, 2.05) is 0 Å². The van der Waals surface area contributed by atoms with Crippen LogP contribution < -0.4 is 0 Å². The van der Waals surface area contributed by atoms with E-state index in [1.54, 1.807) is 0 Å². The number of hydrogen-bond donors (Lipinski definition) is 1. The summed E-state index contributed by atoms with van der Waals surface area (Å²) in [5.74, 6) is -8.36. The molecular formula is C9H9F6NO3. The highest BCUT2D eigenvalue weighted by Crippen LogP contribution is 2.40. The lowest BCUT2D eigenvalue weighted by Crippen LogP contribution is -2.50. The third-order valence-electron chi connectivity index (χ3n) is 1.89. The molecule has 110 valence electrons. The van der Waals surface area contributed by atoms with Crippen LogP contribution in [0, 0.1) is 5.92 Å². The zero-order valence-electron chi connectivity index (χ0n) is 9.25. The molecule has 19 heavy (non-hydrogen) atoms. The summed E-state index contributed by atoms with van der Waals surface area (Å²) in [4.78, 5) is 21.5. The number of rotatable bonds is 5. The fourth-order valence-corrected chi connectivity index (χ4v) is 1.20. The van der Waals surface area contributed by atoms with Crippen molar-refractivity contribution in [2.45, 2.75) is 12.4 Å². The molecule has 0 saturated heterocycles. The fourth-order valence-electron chi connectivity index (χ4n) is 1.20. The predicted molar refractivity (Wildman–Crippen MR) is 50.0 cm³/mol. The third kappa shape index (κ3) is 5.18. The summed E-state index contributed by atoms with van der Waals surface area (Å²) in [5.41, 5.74) is 0. The van der Waals surface area contributed by atoms with Gasteiger partial charge in [-0.15, -0.1) is 6.58 Å². The highest BCUT2D eigenvalue weighted by atomic mass is 19.4. The number of halogens is 6. The van der Waals surface area contributed by atoms with Crippen LogP contribution >= 0.6 is 0 Å². The lowest BCUT2D eigenvalue weighted by atomic mass is 10.1. The molecule has 0 aromatic carbocycles. The van der Waals surface area contributed by atoms with Gasteiger partial charge in [0.2, 0.25) is 11.8 Å². The van der Waals surface area contributed by atoms with E-state index in [0.717, 1.165) is 6.08 Å². The summed E-state index contributed by atoms with van der Waals surface area (Å²) in [7, 11) is 0. The summed E-state index contributed by atoms with van der Waals surface area (Å²) in [6.45, 7) is 0.998. The topological polar surface area (TPSA) is 57.6 Å². The van der Waals surface area contributed by atoms with Gasteiger partial charge >= 0.3 is 18.3 Å². The zero-order valence-corrected chi connectivity index (χ0v) is 9.25. The number of carbonyl (C=O) groups excluding carboxylic acids is 1. The second-order valence-electron chi connectivity index (χ2n) is 3.42. The van der Waals surface area contributed by atoms with Gasteiger partial charge < -0.3 is 10.0 Å².